The summed E-state index contributed by atoms with van der Waals surface area (Å²) in [7, 11) is 0. The number of thioether (sulfide) groups is 1. The Kier molecular flexibility index (Phi) is 13.0. The number of anilines is 1. The SMILES string of the molecule is C=C(NC(=O)[C@@H](C)NC(=O)[C@H](C)N)C(=O)NCSCCc1ccc(NC(=O)NCc2ccc3c(c2)CN(C2CCC(=O)NC2=O)C3=O)cc1Cl. The molecule has 1 saturated heterocycles. The van der Waals surface area contributed by atoms with E-state index in [9.17, 15) is 33.6 Å². The Labute approximate surface area is 297 Å². The molecule has 2 aliphatic rings. The number of hydrogen-bond acceptors (Lipinski definition) is 9. The van der Waals surface area contributed by atoms with Gasteiger partial charge in [0.2, 0.25) is 23.6 Å². The lowest BCUT2D eigenvalue weighted by Crippen LogP contribution is -2.52. The quantitative estimate of drug-likeness (QED) is 0.0644. The van der Waals surface area contributed by atoms with Crippen LogP contribution in [0.2, 0.25) is 5.02 Å². The number of carbonyl (C=O) groups excluding carboxylic acids is 7. The molecule has 0 aliphatic carbocycles. The smallest absolute Gasteiger partial charge is 0.319 e. The standard InChI is InChI=1S/C33H39ClN8O7S/c1-17(35)28(44)38-19(3)30(46)39-18(2)29(45)37-16-50-11-10-21-5-6-23(13-25(21)34)40-33(49)36-14-20-4-7-24-22(12-20)15-42(32(24)48)26-8-9-27(43)41-31(26)47/h4-7,12-13,17,19,26H,2,8-11,14-16,35H2,1,3H3,(H,37,45)(H,38,44)(H,39,46)(H2,36,40,49)(H,41,43,47)/t17-,19+,26?/m0/s1. The number of carbonyl (C=O) groups is 7. The fraction of sp³-hybridized carbons (Fsp3) is 0.364. The van der Waals surface area contributed by atoms with Crippen molar-refractivity contribution >= 4 is 70.5 Å². The van der Waals surface area contributed by atoms with Crippen molar-refractivity contribution in [1.29, 1.82) is 0 Å². The van der Waals surface area contributed by atoms with Gasteiger partial charge in [0.1, 0.15) is 12.1 Å². The molecule has 0 saturated carbocycles. The maximum absolute atomic E-state index is 12.9. The van der Waals surface area contributed by atoms with Crippen molar-refractivity contribution in [2.24, 2.45) is 5.73 Å². The second-order valence-corrected chi connectivity index (χ2v) is 13.3. The molecule has 0 radical (unpaired) electrons. The number of piperidine rings is 1. The second-order valence-electron chi connectivity index (χ2n) is 11.8. The minimum atomic E-state index is -0.902. The Morgan fingerprint density at radius 2 is 1.84 bits per heavy atom. The maximum Gasteiger partial charge on any atom is 0.319 e. The first-order chi connectivity index (χ1) is 23.7. The van der Waals surface area contributed by atoms with Gasteiger partial charge >= 0.3 is 6.03 Å². The van der Waals surface area contributed by atoms with Crippen LogP contribution in [-0.4, -0.2) is 76.1 Å². The summed E-state index contributed by atoms with van der Waals surface area (Å²) in [5.74, 6) is -1.88. The van der Waals surface area contributed by atoms with Crippen LogP contribution in [0.3, 0.4) is 0 Å². The number of aryl methyl sites for hydroxylation is 1. The predicted molar refractivity (Wildman–Crippen MR) is 188 cm³/mol. The summed E-state index contributed by atoms with van der Waals surface area (Å²) in [5, 5.41) is 15.7. The summed E-state index contributed by atoms with van der Waals surface area (Å²) in [5.41, 5.74) is 8.65. The topological polar surface area (TPSA) is 221 Å². The minimum Gasteiger partial charge on any atom is -0.343 e. The molecule has 8 amide bonds. The van der Waals surface area contributed by atoms with Gasteiger partial charge < -0.3 is 37.2 Å². The number of nitrogens with two attached hydrogens (primary N) is 1. The van der Waals surface area contributed by atoms with E-state index >= 15 is 0 Å². The Bertz CT molecular complexity index is 1720. The van der Waals surface area contributed by atoms with Crippen LogP contribution < -0.4 is 37.6 Å². The summed E-state index contributed by atoms with van der Waals surface area (Å²) in [6.07, 6.45) is 1.05. The highest BCUT2D eigenvalue weighted by Crippen LogP contribution is 2.28. The molecule has 0 aromatic heterocycles. The molecule has 2 aliphatic heterocycles. The van der Waals surface area contributed by atoms with Crippen molar-refractivity contribution < 1.29 is 33.6 Å². The van der Waals surface area contributed by atoms with Gasteiger partial charge in [-0.05, 0) is 67.3 Å². The first-order valence-electron chi connectivity index (χ1n) is 15.7. The molecule has 266 valence electrons. The third-order valence-corrected chi connectivity index (χ3v) is 9.11. The van der Waals surface area contributed by atoms with E-state index in [1.165, 1.54) is 30.5 Å². The van der Waals surface area contributed by atoms with E-state index in [1.54, 1.807) is 30.3 Å². The molecule has 2 aromatic carbocycles. The van der Waals surface area contributed by atoms with Crippen LogP contribution in [0.25, 0.3) is 0 Å². The van der Waals surface area contributed by atoms with Crippen LogP contribution >= 0.6 is 23.4 Å². The van der Waals surface area contributed by atoms with Crippen molar-refractivity contribution in [3.63, 3.8) is 0 Å². The average molecular weight is 727 g/mol. The number of amides is 8. The van der Waals surface area contributed by atoms with Crippen molar-refractivity contribution in [3.8, 4) is 0 Å². The normalized spacial score (nSPS) is 16.4. The summed E-state index contributed by atoms with van der Waals surface area (Å²) < 4.78 is 0. The van der Waals surface area contributed by atoms with Crippen molar-refractivity contribution in [2.45, 2.75) is 64.3 Å². The lowest BCUT2D eigenvalue weighted by atomic mass is 10.0. The molecule has 17 heteroatoms. The number of nitrogens with zero attached hydrogens (tertiary/aromatic N) is 1. The number of hydrogen-bond donors (Lipinski definition) is 7. The molecule has 8 N–H and O–H groups in total. The van der Waals surface area contributed by atoms with Gasteiger partial charge in [0.15, 0.2) is 0 Å². The maximum atomic E-state index is 12.9. The van der Waals surface area contributed by atoms with Gasteiger partial charge in [0.05, 0.1) is 17.6 Å². The van der Waals surface area contributed by atoms with E-state index in [2.05, 4.69) is 38.5 Å². The molecule has 0 spiro atoms. The summed E-state index contributed by atoms with van der Waals surface area (Å²) >= 11 is 7.88. The zero-order chi connectivity index (χ0) is 36.5. The van der Waals surface area contributed by atoms with Crippen LogP contribution in [0.5, 0.6) is 0 Å². The predicted octanol–water partition coefficient (Wildman–Crippen LogP) is 1.25. The lowest BCUT2D eigenvalue weighted by molar-refractivity contribution is -0.137. The third-order valence-electron chi connectivity index (χ3n) is 7.92. The monoisotopic (exact) mass is 726 g/mol. The van der Waals surface area contributed by atoms with E-state index < -0.39 is 47.8 Å². The van der Waals surface area contributed by atoms with Crippen molar-refractivity contribution in [3.05, 3.63) is 76.0 Å². The number of rotatable bonds is 14. The van der Waals surface area contributed by atoms with Gasteiger partial charge in [-0.25, -0.2) is 4.79 Å². The first-order valence-corrected chi connectivity index (χ1v) is 17.3. The highest BCUT2D eigenvalue weighted by Gasteiger charge is 2.39. The summed E-state index contributed by atoms with van der Waals surface area (Å²) in [6.45, 7) is 6.95. The van der Waals surface area contributed by atoms with Gasteiger partial charge in [-0.2, -0.15) is 0 Å². The van der Waals surface area contributed by atoms with E-state index in [0.29, 0.717) is 28.4 Å². The van der Waals surface area contributed by atoms with E-state index in [0.717, 1.165) is 16.7 Å². The highest BCUT2D eigenvalue weighted by atomic mass is 35.5. The zero-order valence-electron chi connectivity index (χ0n) is 27.5. The van der Waals surface area contributed by atoms with Crippen molar-refractivity contribution in [2.75, 3.05) is 16.9 Å². The fourth-order valence-electron chi connectivity index (χ4n) is 5.12. The Morgan fingerprint density at radius 1 is 1.08 bits per heavy atom. The van der Waals surface area contributed by atoms with Gasteiger partial charge in [0, 0.05) is 35.8 Å². The molecule has 15 nitrogen and oxygen atoms in total. The molecular formula is C33H39ClN8O7S. The second kappa shape index (κ2) is 17.1. The molecule has 0 bridgehead atoms. The van der Waals surface area contributed by atoms with Gasteiger partial charge in [0.25, 0.3) is 11.8 Å². The number of imide groups is 1. The summed E-state index contributed by atoms with van der Waals surface area (Å²) in [6, 6.07) is 7.56. The molecular weight excluding hydrogens is 688 g/mol. The number of urea groups is 1. The number of nitrogens with one attached hydrogen (secondary N) is 6. The molecule has 1 fully saturated rings. The van der Waals surface area contributed by atoms with E-state index in [-0.39, 0.29) is 49.3 Å². The van der Waals surface area contributed by atoms with Gasteiger partial charge in [-0.1, -0.05) is 36.4 Å². The molecule has 4 rings (SSSR count). The van der Waals surface area contributed by atoms with Crippen LogP contribution in [-0.2, 0) is 43.5 Å². The summed E-state index contributed by atoms with van der Waals surface area (Å²) in [4.78, 5) is 86.9. The molecule has 3 atom stereocenters. The van der Waals surface area contributed by atoms with E-state index in [4.69, 9.17) is 17.3 Å². The fourth-order valence-corrected chi connectivity index (χ4v) is 6.14. The number of fused-ring (bicyclic) bond motifs is 1. The Balaban J connectivity index is 1.15. The highest BCUT2D eigenvalue weighted by molar-refractivity contribution is 7.99. The van der Waals surface area contributed by atoms with Crippen LogP contribution in [0.1, 0.15) is 53.7 Å². The Hall–Kier alpha value is -4.93. The number of halogens is 1. The van der Waals surface area contributed by atoms with E-state index in [1.807, 2.05) is 6.07 Å². The Morgan fingerprint density at radius 3 is 2.54 bits per heavy atom. The van der Waals surface area contributed by atoms with Gasteiger partial charge in [-0.15, -0.1) is 11.8 Å². The van der Waals surface area contributed by atoms with Crippen LogP contribution in [0.15, 0.2) is 48.7 Å². The average Bonchev–Trinajstić information content (AvgIpc) is 3.39. The van der Waals surface area contributed by atoms with Crippen molar-refractivity contribution in [1.82, 2.24) is 31.5 Å². The van der Waals surface area contributed by atoms with Crippen LogP contribution in [0, 0.1) is 0 Å². The third kappa shape index (κ3) is 10.1. The van der Waals surface area contributed by atoms with Crippen LogP contribution in [0.4, 0.5) is 10.5 Å². The minimum absolute atomic E-state index is 0.158. The number of benzene rings is 2. The first kappa shape index (κ1) is 37.9. The lowest BCUT2D eigenvalue weighted by Gasteiger charge is -2.29. The molecule has 2 aromatic rings. The largest absolute Gasteiger partial charge is 0.343 e. The molecule has 50 heavy (non-hydrogen) atoms. The molecule has 2 heterocycles. The van der Waals surface area contributed by atoms with Gasteiger partial charge in [-0.3, -0.25) is 34.1 Å². The molecule has 1 unspecified atom stereocenters. The zero-order valence-corrected chi connectivity index (χ0v) is 29.1.